The van der Waals surface area contributed by atoms with E-state index in [2.05, 4.69) is 16.5 Å². The second kappa shape index (κ2) is 8.16. The van der Waals surface area contributed by atoms with Gasteiger partial charge in [0.15, 0.2) is 11.5 Å². The Labute approximate surface area is 141 Å². The highest BCUT2D eigenvalue weighted by Gasteiger charge is 2.11. The smallest absolute Gasteiger partial charge is 0.276 e. The highest BCUT2D eigenvalue weighted by atomic mass is 32.2. The molecule has 0 unspecified atom stereocenters. The Bertz CT molecular complexity index is 818. The van der Waals surface area contributed by atoms with Gasteiger partial charge >= 0.3 is 0 Å². The summed E-state index contributed by atoms with van der Waals surface area (Å²) >= 11 is 0. The average molecular weight is 346 g/mol. The van der Waals surface area contributed by atoms with Crippen LogP contribution in [0.15, 0.2) is 71.2 Å². The zero-order valence-corrected chi connectivity index (χ0v) is 14.0. The van der Waals surface area contributed by atoms with E-state index in [4.69, 9.17) is 9.47 Å². The van der Waals surface area contributed by atoms with Gasteiger partial charge in [0.2, 0.25) is 0 Å². The van der Waals surface area contributed by atoms with Crippen molar-refractivity contribution in [1.82, 2.24) is 4.83 Å². The van der Waals surface area contributed by atoms with Crippen LogP contribution < -0.4 is 14.3 Å². The average Bonchev–Trinajstić information content (AvgIpc) is 2.61. The molecule has 0 aromatic heterocycles. The van der Waals surface area contributed by atoms with Crippen molar-refractivity contribution in [3.05, 3.63) is 66.7 Å². The first-order valence-electron chi connectivity index (χ1n) is 7.08. The Morgan fingerprint density at radius 3 is 2.58 bits per heavy atom. The fraction of sp³-hybridized carbons (Fsp3) is 0.118. The summed E-state index contributed by atoms with van der Waals surface area (Å²) in [5.41, 5.74) is 0.661. The van der Waals surface area contributed by atoms with E-state index in [0.717, 1.165) is 0 Å². The van der Waals surface area contributed by atoms with Crippen molar-refractivity contribution in [3.63, 3.8) is 0 Å². The van der Waals surface area contributed by atoms with Crippen LogP contribution in [0.3, 0.4) is 0 Å². The quantitative estimate of drug-likeness (QED) is 0.453. The Balaban J connectivity index is 2.10. The van der Waals surface area contributed by atoms with Gasteiger partial charge in [-0.15, -0.1) is 0 Å². The summed E-state index contributed by atoms with van der Waals surface area (Å²) in [6.07, 6.45) is 3.02. The summed E-state index contributed by atoms with van der Waals surface area (Å²) < 4.78 is 34.8. The molecule has 6 nitrogen and oxygen atoms in total. The highest BCUT2D eigenvalue weighted by Crippen LogP contribution is 2.27. The summed E-state index contributed by atoms with van der Waals surface area (Å²) in [4.78, 5) is 2.31. The second-order valence-electron chi connectivity index (χ2n) is 4.68. The normalized spacial score (nSPS) is 11.2. The van der Waals surface area contributed by atoms with Gasteiger partial charge in [0.25, 0.3) is 10.0 Å². The van der Waals surface area contributed by atoms with E-state index >= 15 is 0 Å². The molecule has 24 heavy (non-hydrogen) atoms. The van der Waals surface area contributed by atoms with Crippen LogP contribution in [0.25, 0.3) is 0 Å². The predicted octanol–water partition coefficient (Wildman–Crippen LogP) is 2.57. The SMILES string of the molecule is C=CCOc1ccc(/C=N\NS(=O)(=O)c2ccccc2)cc1OC. The van der Waals surface area contributed by atoms with Crippen molar-refractivity contribution < 1.29 is 17.9 Å². The molecule has 0 aliphatic rings. The zero-order valence-electron chi connectivity index (χ0n) is 13.2. The summed E-state index contributed by atoms with van der Waals surface area (Å²) in [6.45, 7) is 3.95. The van der Waals surface area contributed by atoms with Crippen molar-refractivity contribution in [2.24, 2.45) is 5.10 Å². The van der Waals surface area contributed by atoms with Crippen molar-refractivity contribution in [2.45, 2.75) is 4.90 Å². The predicted molar refractivity (Wildman–Crippen MR) is 93.0 cm³/mol. The minimum Gasteiger partial charge on any atom is -0.493 e. The molecular weight excluding hydrogens is 328 g/mol. The van der Waals surface area contributed by atoms with Gasteiger partial charge in [0.1, 0.15) is 6.61 Å². The summed E-state index contributed by atoms with van der Waals surface area (Å²) in [6, 6.07) is 13.2. The maximum atomic E-state index is 12.0. The number of nitrogens with zero attached hydrogens (tertiary/aromatic N) is 1. The van der Waals surface area contributed by atoms with Crippen LogP contribution in [0, 0.1) is 0 Å². The number of ether oxygens (including phenoxy) is 2. The molecule has 2 aromatic rings. The Kier molecular flexibility index (Phi) is 5.97. The molecule has 0 saturated carbocycles. The summed E-state index contributed by atoms with van der Waals surface area (Å²) in [7, 11) is -2.16. The van der Waals surface area contributed by atoms with Gasteiger partial charge in [0, 0.05) is 0 Å². The first-order chi connectivity index (χ1) is 11.6. The van der Waals surface area contributed by atoms with Crippen LogP contribution in [0.1, 0.15) is 5.56 Å². The molecule has 0 radical (unpaired) electrons. The molecule has 0 amide bonds. The highest BCUT2D eigenvalue weighted by molar-refractivity contribution is 7.89. The monoisotopic (exact) mass is 346 g/mol. The molecule has 0 fully saturated rings. The molecular formula is C17H18N2O4S. The van der Waals surface area contributed by atoms with Gasteiger partial charge in [-0.1, -0.05) is 30.9 Å². The Morgan fingerprint density at radius 1 is 1.17 bits per heavy atom. The van der Waals surface area contributed by atoms with Crippen molar-refractivity contribution >= 4 is 16.2 Å². The van der Waals surface area contributed by atoms with Crippen LogP contribution >= 0.6 is 0 Å². The van der Waals surface area contributed by atoms with Crippen LogP contribution in [0.4, 0.5) is 0 Å². The molecule has 2 rings (SSSR count). The molecule has 0 bridgehead atoms. The van der Waals surface area contributed by atoms with Crippen molar-refractivity contribution in [2.75, 3.05) is 13.7 Å². The third-order valence-electron chi connectivity index (χ3n) is 2.98. The van der Waals surface area contributed by atoms with Gasteiger partial charge in [-0.2, -0.15) is 13.5 Å². The fourth-order valence-electron chi connectivity index (χ4n) is 1.86. The standard InChI is InChI=1S/C17H18N2O4S/c1-3-11-23-16-10-9-14(12-17(16)22-2)13-18-19-24(20,21)15-7-5-4-6-8-15/h3-10,12-13,19H,1,11H2,2H3/b18-13-. The van der Waals surface area contributed by atoms with E-state index in [0.29, 0.717) is 23.7 Å². The lowest BCUT2D eigenvalue weighted by Crippen LogP contribution is -2.18. The van der Waals surface area contributed by atoms with Crippen molar-refractivity contribution in [3.8, 4) is 11.5 Å². The largest absolute Gasteiger partial charge is 0.493 e. The molecule has 0 heterocycles. The molecule has 2 aromatic carbocycles. The lowest BCUT2D eigenvalue weighted by atomic mass is 10.2. The zero-order chi connectivity index (χ0) is 17.4. The van der Waals surface area contributed by atoms with Crippen LogP contribution in [-0.2, 0) is 10.0 Å². The number of sulfonamides is 1. The molecule has 0 atom stereocenters. The molecule has 0 aliphatic heterocycles. The third kappa shape index (κ3) is 4.60. The van der Waals surface area contributed by atoms with Crippen molar-refractivity contribution in [1.29, 1.82) is 0 Å². The molecule has 1 N–H and O–H groups in total. The number of rotatable bonds is 8. The minimum atomic E-state index is -3.68. The van der Waals surface area contributed by atoms with E-state index in [1.54, 1.807) is 42.5 Å². The van der Waals surface area contributed by atoms with Gasteiger partial charge in [-0.05, 0) is 35.9 Å². The number of benzene rings is 2. The first kappa shape index (κ1) is 17.6. The van der Waals surface area contributed by atoms with Gasteiger partial charge in [-0.3, -0.25) is 0 Å². The van der Waals surface area contributed by atoms with Gasteiger partial charge < -0.3 is 9.47 Å². The number of hydrogen-bond donors (Lipinski definition) is 1. The maximum absolute atomic E-state index is 12.0. The molecule has 0 spiro atoms. The van der Waals surface area contributed by atoms with Crippen LogP contribution in [0.2, 0.25) is 0 Å². The van der Waals surface area contributed by atoms with E-state index < -0.39 is 10.0 Å². The lowest BCUT2D eigenvalue weighted by Gasteiger charge is -2.09. The third-order valence-corrected chi connectivity index (χ3v) is 4.22. The number of methoxy groups -OCH3 is 1. The summed E-state index contributed by atoms with van der Waals surface area (Å²) in [5.74, 6) is 1.09. The molecule has 126 valence electrons. The van der Waals surface area contributed by atoms with Crippen LogP contribution in [-0.4, -0.2) is 28.3 Å². The van der Waals surface area contributed by atoms with E-state index in [1.165, 1.54) is 25.5 Å². The van der Waals surface area contributed by atoms with Crippen LogP contribution in [0.5, 0.6) is 11.5 Å². The lowest BCUT2D eigenvalue weighted by molar-refractivity contribution is 0.326. The molecule has 0 saturated heterocycles. The van der Waals surface area contributed by atoms with Gasteiger partial charge in [0.05, 0.1) is 18.2 Å². The van der Waals surface area contributed by atoms with E-state index in [1.807, 2.05) is 0 Å². The first-order valence-corrected chi connectivity index (χ1v) is 8.57. The molecule has 0 aliphatic carbocycles. The topological polar surface area (TPSA) is 77.0 Å². The minimum absolute atomic E-state index is 0.146. The van der Waals surface area contributed by atoms with Gasteiger partial charge in [-0.25, -0.2) is 4.83 Å². The number of hydrazone groups is 1. The molecule has 7 heteroatoms. The second-order valence-corrected chi connectivity index (χ2v) is 6.34. The van der Waals surface area contributed by atoms with E-state index in [-0.39, 0.29) is 4.90 Å². The number of nitrogens with one attached hydrogen (secondary N) is 1. The fourth-order valence-corrected chi connectivity index (χ4v) is 2.67. The summed E-state index contributed by atoms with van der Waals surface area (Å²) in [5, 5.41) is 3.78. The Morgan fingerprint density at radius 2 is 1.92 bits per heavy atom. The van der Waals surface area contributed by atoms with E-state index in [9.17, 15) is 8.42 Å². The Hall–Kier alpha value is -2.80. The number of hydrogen-bond acceptors (Lipinski definition) is 5. The maximum Gasteiger partial charge on any atom is 0.276 e.